The molecule has 0 bridgehead atoms. The number of hydrogen-bond acceptors (Lipinski definition) is 4. The number of thiophene rings is 1. The second-order valence-corrected chi connectivity index (χ2v) is 4.76. The van der Waals surface area contributed by atoms with Gasteiger partial charge in [-0.25, -0.2) is 4.79 Å². The van der Waals surface area contributed by atoms with Gasteiger partial charge in [-0.2, -0.15) is 0 Å². The number of carbonyl (C=O) groups is 1. The number of anilines is 1. The largest absolute Gasteiger partial charge is 0.443 e. The van der Waals surface area contributed by atoms with E-state index in [1.54, 1.807) is 4.90 Å². The van der Waals surface area contributed by atoms with Gasteiger partial charge in [0.1, 0.15) is 11.1 Å². The first-order valence-corrected chi connectivity index (χ1v) is 5.80. The molecule has 0 aromatic carbocycles. The third-order valence-corrected chi connectivity index (χ3v) is 3.67. The van der Waals surface area contributed by atoms with Gasteiger partial charge in [0.2, 0.25) is 0 Å². The van der Waals surface area contributed by atoms with E-state index in [1.165, 1.54) is 11.3 Å². The molecule has 0 spiro atoms. The Morgan fingerprint density at radius 3 is 3.07 bits per heavy atom. The highest BCUT2D eigenvalue weighted by molar-refractivity contribution is 9.10. The van der Waals surface area contributed by atoms with Gasteiger partial charge in [0.05, 0.1) is 6.54 Å². The van der Waals surface area contributed by atoms with Crippen molar-refractivity contribution in [2.75, 3.05) is 18.0 Å². The van der Waals surface area contributed by atoms with Crippen molar-refractivity contribution in [3.63, 3.8) is 0 Å². The lowest BCUT2D eigenvalue weighted by Crippen LogP contribution is -2.26. The Bertz CT molecular complexity index is 355. The molecule has 1 aliphatic rings. The summed E-state index contributed by atoms with van der Waals surface area (Å²) >= 11 is 4.84. The average molecular weight is 277 g/mol. The fourth-order valence-corrected chi connectivity index (χ4v) is 2.69. The first-order chi connectivity index (χ1) is 6.70. The smallest absolute Gasteiger partial charge is 0.415 e. The van der Waals surface area contributed by atoms with Gasteiger partial charge in [0, 0.05) is 16.4 Å². The van der Waals surface area contributed by atoms with Gasteiger partial charge in [-0.1, -0.05) is 0 Å². The van der Waals surface area contributed by atoms with Gasteiger partial charge in [-0.15, -0.1) is 11.3 Å². The molecule has 2 heterocycles. The predicted molar refractivity (Wildman–Crippen MR) is 58.7 cm³/mol. The van der Waals surface area contributed by atoms with Gasteiger partial charge in [0.25, 0.3) is 0 Å². The summed E-state index contributed by atoms with van der Waals surface area (Å²) in [6, 6.07) is 1.89. The van der Waals surface area contributed by atoms with Gasteiger partial charge in [-0.05, 0) is 22.0 Å². The number of cyclic esters (lactones) is 1. The van der Waals surface area contributed by atoms with E-state index in [0.29, 0.717) is 13.1 Å². The second kappa shape index (κ2) is 3.88. The fourth-order valence-electron chi connectivity index (χ4n) is 1.27. The summed E-state index contributed by atoms with van der Waals surface area (Å²) in [6.45, 7) is 0.914. The van der Waals surface area contributed by atoms with Crippen LogP contribution in [0.2, 0.25) is 0 Å². The third kappa shape index (κ3) is 1.77. The maximum Gasteiger partial charge on any atom is 0.415 e. The lowest BCUT2D eigenvalue weighted by atomic mass is 10.3. The molecule has 14 heavy (non-hydrogen) atoms. The summed E-state index contributed by atoms with van der Waals surface area (Å²) < 4.78 is 6.01. The maximum absolute atomic E-state index is 11.4. The highest BCUT2D eigenvalue weighted by Crippen LogP contribution is 2.30. The van der Waals surface area contributed by atoms with Crippen LogP contribution in [-0.4, -0.2) is 25.3 Å². The number of amides is 1. The normalized spacial score (nSPS) is 21.4. The van der Waals surface area contributed by atoms with Crippen molar-refractivity contribution in [2.45, 2.75) is 6.10 Å². The molecule has 0 saturated carbocycles. The zero-order valence-corrected chi connectivity index (χ0v) is 9.68. The Morgan fingerprint density at radius 1 is 1.79 bits per heavy atom. The molecule has 6 heteroatoms. The van der Waals surface area contributed by atoms with Gasteiger partial charge in [0.15, 0.2) is 0 Å². The van der Waals surface area contributed by atoms with E-state index < -0.39 is 0 Å². The molecule has 2 N–H and O–H groups in total. The third-order valence-electron chi connectivity index (χ3n) is 1.96. The quantitative estimate of drug-likeness (QED) is 0.896. The number of carbonyl (C=O) groups excluding carboxylic acids is 1. The van der Waals surface area contributed by atoms with Crippen LogP contribution < -0.4 is 10.6 Å². The van der Waals surface area contributed by atoms with E-state index in [4.69, 9.17) is 10.5 Å². The molecule has 1 aromatic heterocycles. The summed E-state index contributed by atoms with van der Waals surface area (Å²) in [5, 5.41) is 2.82. The van der Waals surface area contributed by atoms with Crippen LogP contribution >= 0.6 is 27.3 Å². The fraction of sp³-hybridized carbons (Fsp3) is 0.375. The number of hydrogen-bond donors (Lipinski definition) is 1. The van der Waals surface area contributed by atoms with Crippen LogP contribution in [0.1, 0.15) is 0 Å². The van der Waals surface area contributed by atoms with Crippen LogP contribution in [0.25, 0.3) is 0 Å². The van der Waals surface area contributed by atoms with Crippen LogP contribution in [0.3, 0.4) is 0 Å². The lowest BCUT2D eigenvalue weighted by molar-refractivity contribution is 0.145. The molecule has 1 aliphatic heterocycles. The van der Waals surface area contributed by atoms with Crippen molar-refractivity contribution in [2.24, 2.45) is 5.73 Å². The Labute approximate surface area is 93.8 Å². The first kappa shape index (κ1) is 9.95. The predicted octanol–water partition coefficient (Wildman–Crippen LogP) is 1.79. The molecule has 1 saturated heterocycles. The molecule has 0 aliphatic carbocycles. The van der Waals surface area contributed by atoms with E-state index in [2.05, 4.69) is 15.9 Å². The molecule has 2 rings (SSSR count). The lowest BCUT2D eigenvalue weighted by Gasteiger charge is -2.08. The minimum absolute atomic E-state index is 0.177. The topological polar surface area (TPSA) is 55.6 Å². The zero-order chi connectivity index (χ0) is 10.1. The Kier molecular flexibility index (Phi) is 2.76. The molecular formula is C8H9BrN2O2S. The van der Waals surface area contributed by atoms with Crippen LogP contribution in [0.5, 0.6) is 0 Å². The molecule has 1 unspecified atom stereocenters. The highest BCUT2D eigenvalue weighted by Gasteiger charge is 2.32. The van der Waals surface area contributed by atoms with E-state index in [1.807, 2.05) is 11.4 Å². The monoisotopic (exact) mass is 276 g/mol. The van der Waals surface area contributed by atoms with Crippen LogP contribution in [0, 0.1) is 0 Å². The summed E-state index contributed by atoms with van der Waals surface area (Å²) in [6.07, 6.45) is -0.488. The number of nitrogens with two attached hydrogens (primary N) is 1. The number of halogens is 1. The van der Waals surface area contributed by atoms with Crippen LogP contribution in [0.15, 0.2) is 15.9 Å². The Morgan fingerprint density at radius 2 is 2.57 bits per heavy atom. The molecule has 1 amide bonds. The van der Waals surface area contributed by atoms with Crippen LogP contribution in [-0.2, 0) is 4.74 Å². The van der Waals surface area contributed by atoms with Crippen molar-refractivity contribution < 1.29 is 9.53 Å². The van der Waals surface area contributed by atoms with Gasteiger partial charge < -0.3 is 10.5 Å². The number of ether oxygens (including phenoxy) is 1. The van der Waals surface area contributed by atoms with Crippen molar-refractivity contribution in [1.29, 1.82) is 0 Å². The second-order valence-electron chi connectivity index (χ2n) is 2.96. The summed E-state index contributed by atoms with van der Waals surface area (Å²) in [7, 11) is 0. The molecule has 0 radical (unpaired) electrons. The number of nitrogens with zero attached hydrogens (tertiary/aromatic N) is 1. The average Bonchev–Trinajstić information content (AvgIpc) is 2.71. The highest BCUT2D eigenvalue weighted by atomic mass is 79.9. The van der Waals surface area contributed by atoms with Gasteiger partial charge >= 0.3 is 6.09 Å². The molecule has 1 fully saturated rings. The van der Waals surface area contributed by atoms with Crippen molar-refractivity contribution in [3.05, 3.63) is 15.9 Å². The molecule has 1 aromatic rings. The number of rotatable bonds is 2. The van der Waals surface area contributed by atoms with E-state index >= 15 is 0 Å². The van der Waals surface area contributed by atoms with Gasteiger partial charge in [-0.3, -0.25) is 4.90 Å². The standard InChI is InChI=1S/C8H9BrN2O2S/c9-5-1-7(14-4-5)11-3-6(2-10)13-8(11)12/h1,4,6H,2-3,10H2. The van der Waals surface area contributed by atoms with E-state index in [9.17, 15) is 4.79 Å². The molecular weight excluding hydrogens is 268 g/mol. The Hall–Kier alpha value is -0.590. The Balaban J connectivity index is 2.16. The van der Waals surface area contributed by atoms with Crippen molar-refractivity contribution in [3.8, 4) is 0 Å². The van der Waals surface area contributed by atoms with Crippen molar-refractivity contribution in [1.82, 2.24) is 0 Å². The minimum atomic E-state index is -0.310. The summed E-state index contributed by atoms with van der Waals surface area (Å²) in [5.41, 5.74) is 5.43. The van der Waals surface area contributed by atoms with Crippen molar-refractivity contribution >= 4 is 38.4 Å². The van der Waals surface area contributed by atoms with E-state index in [0.717, 1.165) is 9.47 Å². The zero-order valence-electron chi connectivity index (χ0n) is 7.27. The molecule has 1 atom stereocenters. The first-order valence-electron chi connectivity index (χ1n) is 4.13. The maximum atomic E-state index is 11.4. The van der Waals surface area contributed by atoms with E-state index in [-0.39, 0.29) is 12.2 Å². The minimum Gasteiger partial charge on any atom is -0.443 e. The molecule has 76 valence electrons. The summed E-state index contributed by atoms with van der Waals surface area (Å²) in [4.78, 5) is 13.0. The SMILES string of the molecule is NCC1CN(c2cc(Br)cs2)C(=O)O1. The van der Waals surface area contributed by atoms with Crippen LogP contribution in [0.4, 0.5) is 9.80 Å². The summed E-state index contributed by atoms with van der Waals surface area (Å²) in [5.74, 6) is 0. The molecule has 4 nitrogen and oxygen atoms in total.